The summed E-state index contributed by atoms with van der Waals surface area (Å²) in [5.74, 6) is 0.405. The number of fused-ring (bicyclic) bond motifs is 2. The van der Waals surface area contributed by atoms with E-state index in [0.29, 0.717) is 11.6 Å². The Bertz CT molecular complexity index is 761. The highest BCUT2D eigenvalue weighted by Gasteiger charge is 2.42. The smallest absolute Gasteiger partial charge is 0.266 e. The van der Waals surface area contributed by atoms with E-state index >= 15 is 0 Å². The van der Waals surface area contributed by atoms with E-state index in [9.17, 15) is 8.78 Å². The molecule has 0 N–H and O–H groups in total. The van der Waals surface area contributed by atoms with Crippen LogP contribution in [0.2, 0.25) is 5.15 Å². The number of ether oxygens (including phenoxy) is 1. The Morgan fingerprint density at radius 2 is 2.23 bits per heavy atom. The van der Waals surface area contributed by atoms with E-state index in [2.05, 4.69) is 16.5 Å². The van der Waals surface area contributed by atoms with Crippen LogP contribution in [0.4, 0.5) is 8.78 Å². The molecule has 0 radical (unpaired) electrons. The van der Waals surface area contributed by atoms with Gasteiger partial charge in [0.25, 0.3) is 6.43 Å². The standard InChI is InChI=1S/C15H14ClF2N3O/c1-7-2-3-8-4-10(22-12(7)8)21-5-9(14(17)18)11-13(16)19-6-20-15(11)21/h5-6,8,10,12,14H,1-4H2. The van der Waals surface area contributed by atoms with Crippen LogP contribution in [0, 0.1) is 5.92 Å². The van der Waals surface area contributed by atoms with Crippen molar-refractivity contribution >= 4 is 22.6 Å². The molecule has 2 aromatic rings. The monoisotopic (exact) mass is 325 g/mol. The van der Waals surface area contributed by atoms with Gasteiger partial charge in [0.15, 0.2) is 0 Å². The molecule has 3 atom stereocenters. The van der Waals surface area contributed by atoms with Gasteiger partial charge in [0.2, 0.25) is 0 Å². The minimum atomic E-state index is -2.64. The van der Waals surface area contributed by atoms with E-state index in [0.717, 1.165) is 24.8 Å². The fourth-order valence-corrected chi connectivity index (χ4v) is 3.81. The van der Waals surface area contributed by atoms with Gasteiger partial charge in [-0.2, -0.15) is 0 Å². The lowest BCUT2D eigenvalue weighted by atomic mass is 10.0. The largest absolute Gasteiger partial charge is 0.350 e. The Labute approximate surface area is 130 Å². The third-order valence-electron chi connectivity index (χ3n) is 4.61. The maximum absolute atomic E-state index is 13.3. The van der Waals surface area contributed by atoms with Gasteiger partial charge in [0.05, 0.1) is 11.5 Å². The lowest BCUT2D eigenvalue weighted by Crippen LogP contribution is -2.12. The SMILES string of the molecule is C=C1CCC2CC(n3cc(C(F)F)c4c(Cl)ncnc43)OC12. The second-order valence-corrected chi connectivity index (χ2v) is 6.22. The van der Waals surface area contributed by atoms with Crippen molar-refractivity contribution < 1.29 is 13.5 Å². The number of rotatable bonds is 2. The van der Waals surface area contributed by atoms with Crippen LogP contribution in [-0.4, -0.2) is 20.6 Å². The summed E-state index contributed by atoms with van der Waals surface area (Å²) >= 11 is 5.99. The molecule has 2 aliphatic rings. The molecule has 2 fully saturated rings. The number of nitrogens with zero attached hydrogens (tertiary/aromatic N) is 3. The predicted molar refractivity (Wildman–Crippen MR) is 77.9 cm³/mol. The van der Waals surface area contributed by atoms with Crippen molar-refractivity contribution in [1.82, 2.24) is 14.5 Å². The summed E-state index contributed by atoms with van der Waals surface area (Å²) in [7, 11) is 0. The molecule has 1 aliphatic heterocycles. The Hall–Kier alpha value is -1.53. The summed E-state index contributed by atoms with van der Waals surface area (Å²) in [6, 6.07) is 0. The van der Waals surface area contributed by atoms with E-state index in [1.54, 1.807) is 4.57 Å². The van der Waals surface area contributed by atoms with Gasteiger partial charge in [0.1, 0.15) is 23.4 Å². The number of aromatic nitrogens is 3. The molecular formula is C15H14ClF2N3O. The number of halogens is 3. The van der Waals surface area contributed by atoms with Gasteiger partial charge >= 0.3 is 0 Å². The average molecular weight is 326 g/mol. The van der Waals surface area contributed by atoms with Crippen LogP contribution in [-0.2, 0) is 4.74 Å². The fourth-order valence-electron chi connectivity index (χ4n) is 3.57. The summed E-state index contributed by atoms with van der Waals surface area (Å²) < 4.78 is 34.3. The molecule has 116 valence electrons. The summed E-state index contributed by atoms with van der Waals surface area (Å²) in [5.41, 5.74) is 1.33. The third-order valence-corrected chi connectivity index (χ3v) is 4.90. The Balaban J connectivity index is 1.80. The van der Waals surface area contributed by atoms with Crippen LogP contribution in [0.3, 0.4) is 0 Å². The molecule has 7 heteroatoms. The van der Waals surface area contributed by atoms with Crippen LogP contribution in [0.15, 0.2) is 24.7 Å². The van der Waals surface area contributed by atoms with Crippen molar-refractivity contribution in [2.45, 2.75) is 38.0 Å². The van der Waals surface area contributed by atoms with Gasteiger partial charge in [0, 0.05) is 11.8 Å². The first-order chi connectivity index (χ1) is 10.6. The van der Waals surface area contributed by atoms with Crippen molar-refractivity contribution in [3.8, 4) is 0 Å². The zero-order valence-corrected chi connectivity index (χ0v) is 12.4. The summed E-state index contributed by atoms with van der Waals surface area (Å²) in [6.45, 7) is 4.03. The topological polar surface area (TPSA) is 39.9 Å². The lowest BCUT2D eigenvalue weighted by Gasteiger charge is -2.15. The molecule has 0 amide bonds. The first-order valence-corrected chi connectivity index (χ1v) is 7.56. The van der Waals surface area contributed by atoms with Crippen LogP contribution >= 0.6 is 11.6 Å². The van der Waals surface area contributed by atoms with Gasteiger partial charge in [-0.05, 0) is 30.8 Å². The summed E-state index contributed by atoms with van der Waals surface area (Å²) in [4.78, 5) is 7.95. The molecule has 1 saturated heterocycles. The highest BCUT2D eigenvalue weighted by molar-refractivity contribution is 6.34. The normalized spacial score (nSPS) is 28.0. The minimum Gasteiger partial charge on any atom is -0.350 e. The maximum atomic E-state index is 13.3. The number of hydrogen-bond donors (Lipinski definition) is 0. The highest BCUT2D eigenvalue weighted by atomic mass is 35.5. The molecule has 22 heavy (non-hydrogen) atoms. The van der Waals surface area contributed by atoms with Crippen molar-refractivity contribution in [3.05, 3.63) is 35.4 Å². The molecule has 0 bridgehead atoms. The van der Waals surface area contributed by atoms with Gasteiger partial charge in [-0.3, -0.25) is 0 Å². The predicted octanol–water partition coefficient (Wildman–Crippen LogP) is 4.28. The minimum absolute atomic E-state index is 0.0229. The summed E-state index contributed by atoms with van der Waals surface area (Å²) in [5, 5.41) is 0.250. The number of hydrogen-bond acceptors (Lipinski definition) is 3. The van der Waals surface area contributed by atoms with Gasteiger partial charge < -0.3 is 9.30 Å². The Kier molecular flexibility index (Phi) is 3.20. The lowest BCUT2D eigenvalue weighted by molar-refractivity contribution is 0.0196. The first kappa shape index (κ1) is 14.1. The maximum Gasteiger partial charge on any atom is 0.266 e. The van der Waals surface area contributed by atoms with E-state index in [4.69, 9.17) is 16.3 Å². The van der Waals surface area contributed by atoms with Crippen LogP contribution in [0.5, 0.6) is 0 Å². The molecule has 4 nitrogen and oxygen atoms in total. The van der Waals surface area contributed by atoms with E-state index in [1.165, 1.54) is 12.5 Å². The van der Waals surface area contributed by atoms with Crippen LogP contribution in [0.25, 0.3) is 11.0 Å². The zero-order chi connectivity index (χ0) is 15.4. The van der Waals surface area contributed by atoms with Crippen molar-refractivity contribution in [1.29, 1.82) is 0 Å². The molecule has 2 aromatic heterocycles. The zero-order valence-electron chi connectivity index (χ0n) is 11.7. The van der Waals surface area contributed by atoms with Crippen LogP contribution < -0.4 is 0 Å². The molecule has 1 saturated carbocycles. The average Bonchev–Trinajstić information content (AvgIpc) is 3.13. The Morgan fingerprint density at radius 1 is 1.41 bits per heavy atom. The third kappa shape index (κ3) is 1.97. The van der Waals surface area contributed by atoms with E-state index in [-0.39, 0.29) is 28.4 Å². The first-order valence-electron chi connectivity index (χ1n) is 7.18. The molecule has 1 aliphatic carbocycles. The molecule has 3 unspecified atom stereocenters. The van der Waals surface area contributed by atoms with E-state index < -0.39 is 6.43 Å². The van der Waals surface area contributed by atoms with Gasteiger partial charge in [-0.1, -0.05) is 18.2 Å². The second-order valence-electron chi connectivity index (χ2n) is 5.86. The van der Waals surface area contributed by atoms with Crippen LogP contribution in [0.1, 0.15) is 37.5 Å². The van der Waals surface area contributed by atoms with Crippen molar-refractivity contribution in [2.24, 2.45) is 5.92 Å². The molecule has 4 rings (SSSR count). The fraction of sp³-hybridized carbons (Fsp3) is 0.467. The summed E-state index contributed by atoms with van der Waals surface area (Å²) in [6.07, 6.45) is 2.54. The highest BCUT2D eigenvalue weighted by Crippen LogP contribution is 2.46. The molecule has 0 spiro atoms. The quantitative estimate of drug-likeness (QED) is 0.611. The number of alkyl halides is 2. The van der Waals surface area contributed by atoms with Gasteiger partial charge in [-0.25, -0.2) is 18.7 Å². The van der Waals surface area contributed by atoms with E-state index in [1.807, 2.05) is 0 Å². The molecule has 3 heterocycles. The van der Waals surface area contributed by atoms with Crippen molar-refractivity contribution in [3.63, 3.8) is 0 Å². The van der Waals surface area contributed by atoms with Crippen molar-refractivity contribution in [2.75, 3.05) is 0 Å². The Morgan fingerprint density at radius 3 is 2.95 bits per heavy atom. The second kappa shape index (κ2) is 4.99. The molecule has 0 aromatic carbocycles. The molecular weight excluding hydrogens is 312 g/mol. The van der Waals surface area contributed by atoms with Gasteiger partial charge in [-0.15, -0.1) is 0 Å².